The highest BCUT2D eigenvalue weighted by Gasteiger charge is 2.17. The van der Waals surface area contributed by atoms with Gasteiger partial charge in [-0.1, -0.05) is 24.3 Å². The second kappa shape index (κ2) is 12.2. The van der Waals surface area contributed by atoms with E-state index in [1.807, 2.05) is 0 Å². The molecule has 0 atom stereocenters. The lowest BCUT2D eigenvalue weighted by Crippen LogP contribution is -2.11. The van der Waals surface area contributed by atoms with Crippen molar-refractivity contribution >= 4 is 23.9 Å². The molecule has 0 unspecified atom stereocenters. The van der Waals surface area contributed by atoms with Gasteiger partial charge in [0.1, 0.15) is 5.76 Å². The van der Waals surface area contributed by atoms with E-state index >= 15 is 0 Å². The number of aliphatic hydroxyl groups excluding tert-OH is 1. The van der Waals surface area contributed by atoms with E-state index in [0.29, 0.717) is 11.1 Å². The Morgan fingerprint density at radius 2 is 1.55 bits per heavy atom. The Hall–Kier alpha value is -3.94. The summed E-state index contributed by atoms with van der Waals surface area (Å²) >= 11 is 0. The number of benzene rings is 2. The molecule has 0 aliphatic rings. The Bertz CT molecular complexity index is 1100. The molecule has 0 saturated heterocycles. The molecule has 2 aromatic carbocycles. The standard InChI is InChI=1S/C25H24F2O6/c1-4-33-25(30)15-18(21(28)10-6-16-8-12-23(31-2)20(27)13-16)22(29)11-7-17-5-9-19(26)24(14-17)32-3/h5-14,29H,4,15H2,1-3H3/b10-6+,11-7?,22-18?. The molecule has 0 heterocycles. The summed E-state index contributed by atoms with van der Waals surface area (Å²) in [5, 5.41) is 10.5. The first kappa shape index (κ1) is 25.3. The van der Waals surface area contributed by atoms with Gasteiger partial charge in [0, 0.05) is 0 Å². The van der Waals surface area contributed by atoms with Crippen molar-refractivity contribution in [2.24, 2.45) is 0 Å². The highest BCUT2D eigenvalue weighted by molar-refractivity contribution is 6.09. The van der Waals surface area contributed by atoms with Gasteiger partial charge in [0.15, 0.2) is 28.9 Å². The lowest BCUT2D eigenvalue weighted by atomic mass is 10.0. The maximum absolute atomic E-state index is 13.9. The van der Waals surface area contributed by atoms with Crippen molar-refractivity contribution in [1.29, 1.82) is 0 Å². The first-order valence-corrected chi connectivity index (χ1v) is 9.94. The molecule has 2 rings (SSSR count). The van der Waals surface area contributed by atoms with Crippen LogP contribution < -0.4 is 9.47 Å². The van der Waals surface area contributed by atoms with Crippen LogP contribution in [0.1, 0.15) is 24.5 Å². The summed E-state index contributed by atoms with van der Waals surface area (Å²) in [6, 6.07) is 8.19. The Morgan fingerprint density at radius 1 is 0.909 bits per heavy atom. The topological polar surface area (TPSA) is 82.1 Å². The number of allylic oxidation sites excluding steroid dienone is 2. The number of carbonyl (C=O) groups is 2. The first-order valence-electron chi connectivity index (χ1n) is 9.94. The molecule has 0 amide bonds. The van der Waals surface area contributed by atoms with Gasteiger partial charge in [0.05, 0.1) is 32.8 Å². The average Bonchev–Trinajstić information content (AvgIpc) is 2.80. The summed E-state index contributed by atoms with van der Waals surface area (Å²) in [4.78, 5) is 24.7. The lowest BCUT2D eigenvalue weighted by molar-refractivity contribution is -0.142. The van der Waals surface area contributed by atoms with Crippen molar-refractivity contribution < 1.29 is 37.7 Å². The number of esters is 1. The molecule has 0 radical (unpaired) electrons. The average molecular weight is 458 g/mol. The minimum atomic E-state index is -0.701. The number of halogens is 2. The van der Waals surface area contributed by atoms with Crippen LogP contribution in [0.5, 0.6) is 11.5 Å². The van der Waals surface area contributed by atoms with Gasteiger partial charge in [-0.3, -0.25) is 9.59 Å². The van der Waals surface area contributed by atoms with Crippen molar-refractivity contribution in [2.75, 3.05) is 20.8 Å². The number of carbonyl (C=O) groups excluding carboxylic acids is 2. The van der Waals surface area contributed by atoms with Crippen molar-refractivity contribution in [3.05, 3.63) is 82.6 Å². The van der Waals surface area contributed by atoms with Gasteiger partial charge in [0.25, 0.3) is 0 Å². The van der Waals surface area contributed by atoms with Gasteiger partial charge >= 0.3 is 5.97 Å². The minimum Gasteiger partial charge on any atom is -0.508 e. The van der Waals surface area contributed by atoms with Crippen LogP contribution in [-0.4, -0.2) is 37.7 Å². The van der Waals surface area contributed by atoms with Crippen molar-refractivity contribution in [3.8, 4) is 11.5 Å². The summed E-state index contributed by atoms with van der Waals surface area (Å²) in [5.74, 6) is -2.92. The Kier molecular flexibility index (Phi) is 9.35. The van der Waals surface area contributed by atoms with E-state index in [2.05, 4.69) is 0 Å². The molecule has 0 aliphatic carbocycles. The molecule has 0 aromatic heterocycles. The smallest absolute Gasteiger partial charge is 0.310 e. The van der Waals surface area contributed by atoms with Crippen molar-refractivity contribution in [2.45, 2.75) is 13.3 Å². The second-order valence-electron chi connectivity index (χ2n) is 6.66. The van der Waals surface area contributed by atoms with E-state index in [1.165, 1.54) is 62.8 Å². The molecule has 0 spiro atoms. The molecule has 2 aromatic rings. The predicted octanol–water partition coefficient (Wildman–Crippen LogP) is 5.04. The molecule has 0 bridgehead atoms. The van der Waals surface area contributed by atoms with Crippen LogP contribution in [0, 0.1) is 11.6 Å². The maximum atomic E-state index is 13.9. The molecule has 0 aliphatic heterocycles. The van der Waals surface area contributed by atoms with Crippen LogP contribution in [0.4, 0.5) is 8.78 Å². The quantitative estimate of drug-likeness (QED) is 0.232. The van der Waals surface area contributed by atoms with E-state index in [1.54, 1.807) is 13.0 Å². The number of hydrogen-bond acceptors (Lipinski definition) is 6. The number of ketones is 1. The molecule has 6 nitrogen and oxygen atoms in total. The second-order valence-corrected chi connectivity index (χ2v) is 6.66. The summed E-state index contributed by atoms with van der Waals surface area (Å²) in [7, 11) is 2.66. The van der Waals surface area contributed by atoms with Crippen molar-refractivity contribution in [1.82, 2.24) is 0 Å². The number of aliphatic hydroxyl groups is 1. The highest BCUT2D eigenvalue weighted by atomic mass is 19.1. The van der Waals surface area contributed by atoms with Crippen molar-refractivity contribution in [3.63, 3.8) is 0 Å². The SMILES string of the molecule is CCOC(=O)CC(C(=O)/C=C/c1ccc(OC)c(F)c1)=C(O)C=Cc1ccc(F)c(OC)c1. The Labute approximate surface area is 190 Å². The summed E-state index contributed by atoms with van der Waals surface area (Å²) in [5.41, 5.74) is 0.654. The molecule has 1 N–H and O–H groups in total. The first-order chi connectivity index (χ1) is 15.8. The Morgan fingerprint density at radius 3 is 2.18 bits per heavy atom. The fraction of sp³-hybridized carbons (Fsp3) is 0.200. The molecular formula is C25H24F2O6. The normalized spacial score (nSPS) is 12.0. The fourth-order valence-electron chi connectivity index (χ4n) is 2.77. The number of methoxy groups -OCH3 is 2. The molecule has 0 fully saturated rings. The van der Waals surface area contributed by atoms with Gasteiger partial charge < -0.3 is 19.3 Å². The fourth-order valence-corrected chi connectivity index (χ4v) is 2.77. The van der Waals surface area contributed by atoms with Crippen LogP contribution in [0.2, 0.25) is 0 Å². The molecule has 0 saturated carbocycles. The monoisotopic (exact) mass is 458 g/mol. The molecule has 33 heavy (non-hydrogen) atoms. The van der Waals surface area contributed by atoms with Crippen LogP contribution in [0.25, 0.3) is 12.2 Å². The van der Waals surface area contributed by atoms with Gasteiger partial charge in [-0.15, -0.1) is 0 Å². The highest BCUT2D eigenvalue weighted by Crippen LogP contribution is 2.21. The van der Waals surface area contributed by atoms with Crippen LogP contribution >= 0.6 is 0 Å². The zero-order valence-electron chi connectivity index (χ0n) is 18.4. The van der Waals surface area contributed by atoms with E-state index in [4.69, 9.17) is 14.2 Å². The minimum absolute atomic E-state index is 0.0121. The zero-order chi connectivity index (χ0) is 24.4. The third-order valence-corrected chi connectivity index (χ3v) is 4.44. The predicted molar refractivity (Wildman–Crippen MR) is 120 cm³/mol. The van der Waals surface area contributed by atoms with Crippen LogP contribution in [0.3, 0.4) is 0 Å². The third kappa shape index (κ3) is 7.31. The third-order valence-electron chi connectivity index (χ3n) is 4.44. The maximum Gasteiger partial charge on any atom is 0.310 e. The number of hydrogen-bond donors (Lipinski definition) is 1. The van der Waals surface area contributed by atoms with Gasteiger partial charge in [-0.2, -0.15) is 0 Å². The van der Waals surface area contributed by atoms with E-state index in [0.717, 1.165) is 6.08 Å². The molecule has 8 heteroatoms. The van der Waals surface area contributed by atoms with E-state index in [-0.39, 0.29) is 23.7 Å². The lowest BCUT2D eigenvalue weighted by Gasteiger charge is -2.07. The van der Waals surface area contributed by atoms with Gasteiger partial charge in [0.2, 0.25) is 0 Å². The molecule has 174 valence electrons. The van der Waals surface area contributed by atoms with E-state index < -0.39 is 35.6 Å². The van der Waals surface area contributed by atoms with Gasteiger partial charge in [-0.05, 0) is 54.5 Å². The summed E-state index contributed by atoms with van der Waals surface area (Å²) in [6.07, 6.45) is 4.62. The molecular weight excluding hydrogens is 434 g/mol. The van der Waals surface area contributed by atoms with E-state index in [9.17, 15) is 23.5 Å². The zero-order valence-corrected chi connectivity index (χ0v) is 18.4. The summed E-state index contributed by atoms with van der Waals surface area (Å²) in [6.45, 7) is 1.72. The Balaban J connectivity index is 2.33. The van der Waals surface area contributed by atoms with Crippen LogP contribution in [0.15, 0.2) is 59.9 Å². The van der Waals surface area contributed by atoms with Gasteiger partial charge in [-0.25, -0.2) is 8.78 Å². The number of ether oxygens (including phenoxy) is 3. The number of rotatable bonds is 10. The summed E-state index contributed by atoms with van der Waals surface area (Å²) < 4.78 is 42.1. The largest absolute Gasteiger partial charge is 0.508 e. The van der Waals surface area contributed by atoms with Crippen LogP contribution in [-0.2, 0) is 14.3 Å².